The van der Waals surface area contributed by atoms with E-state index in [1.165, 1.54) is 12.1 Å². The number of halogens is 2. The Kier molecular flexibility index (Phi) is 5.46. The van der Waals surface area contributed by atoms with E-state index in [9.17, 15) is 19.3 Å². The second kappa shape index (κ2) is 8.57. The van der Waals surface area contributed by atoms with E-state index >= 15 is 0 Å². The average Bonchev–Trinajstić information content (AvgIpc) is 3.51. The summed E-state index contributed by atoms with van der Waals surface area (Å²) in [6.07, 6.45) is 1.60. The standard InChI is InChI=1S/C27H23ClFN3O4/c28-20-14-17(10-11-23(20)36-15-16-5-3-6-18(29)13-16)24-22-9-4-12-31(22)27(25(24)32(34)35)19-7-1-2-8-21(19)30-26(27)33/h1-3,5-8,10-11,13-14,22,24-25H,4,9,12,15H2,(H,30,33)/t22-,24+,25-,27+/m1/s1. The molecule has 3 aliphatic heterocycles. The predicted octanol–water partition coefficient (Wildman–Crippen LogP) is 5.11. The zero-order valence-corrected chi connectivity index (χ0v) is 20.0. The second-order valence-corrected chi connectivity index (χ2v) is 9.94. The van der Waals surface area contributed by atoms with Gasteiger partial charge in [-0.15, -0.1) is 0 Å². The Labute approximate surface area is 212 Å². The van der Waals surface area contributed by atoms with E-state index in [-0.39, 0.29) is 29.3 Å². The molecule has 3 aliphatic rings. The molecule has 0 bridgehead atoms. The van der Waals surface area contributed by atoms with Crippen LogP contribution in [0.25, 0.3) is 0 Å². The Balaban J connectivity index is 1.38. The molecule has 1 spiro atoms. The number of fused-ring (bicyclic) bond motifs is 4. The third-order valence-electron chi connectivity index (χ3n) is 7.72. The molecule has 3 aromatic carbocycles. The van der Waals surface area contributed by atoms with Gasteiger partial charge in [0, 0.05) is 28.8 Å². The molecule has 9 heteroatoms. The molecule has 0 aromatic heterocycles. The topological polar surface area (TPSA) is 84.7 Å². The van der Waals surface area contributed by atoms with Gasteiger partial charge in [0.25, 0.3) is 11.9 Å². The Bertz CT molecular complexity index is 1380. The lowest BCUT2D eigenvalue weighted by Gasteiger charge is -2.32. The summed E-state index contributed by atoms with van der Waals surface area (Å²) in [4.78, 5) is 27.9. The summed E-state index contributed by atoms with van der Waals surface area (Å²) >= 11 is 6.57. The Morgan fingerprint density at radius 2 is 2.00 bits per heavy atom. The zero-order valence-electron chi connectivity index (χ0n) is 19.2. The monoisotopic (exact) mass is 507 g/mol. The van der Waals surface area contributed by atoms with Gasteiger partial charge in [0.2, 0.25) is 0 Å². The van der Waals surface area contributed by atoms with Crippen molar-refractivity contribution in [2.24, 2.45) is 0 Å². The summed E-state index contributed by atoms with van der Waals surface area (Å²) in [5, 5.41) is 15.9. The van der Waals surface area contributed by atoms with Crippen LogP contribution in [0.5, 0.6) is 5.75 Å². The maximum absolute atomic E-state index is 13.5. The van der Waals surface area contributed by atoms with Gasteiger partial charge in [-0.2, -0.15) is 0 Å². The Morgan fingerprint density at radius 1 is 1.17 bits per heavy atom. The number of ether oxygens (including phenoxy) is 1. The second-order valence-electron chi connectivity index (χ2n) is 9.53. The zero-order chi connectivity index (χ0) is 25.0. The van der Waals surface area contributed by atoms with Crippen LogP contribution in [0.2, 0.25) is 5.02 Å². The van der Waals surface area contributed by atoms with Crippen molar-refractivity contribution in [3.63, 3.8) is 0 Å². The molecule has 36 heavy (non-hydrogen) atoms. The number of hydrogen-bond donors (Lipinski definition) is 1. The van der Waals surface area contributed by atoms with Crippen LogP contribution in [-0.2, 0) is 16.9 Å². The Morgan fingerprint density at radius 3 is 2.78 bits per heavy atom. The van der Waals surface area contributed by atoms with Gasteiger partial charge in [-0.05, 0) is 54.3 Å². The van der Waals surface area contributed by atoms with Crippen LogP contribution in [0.15, 0.2) is 66.7 Å². The largest absolute Gasteiger partial charge is 0.487 e. The lowest BCUT2D eigenvalue weighted by Crippen LogP contribution is -2.55. The highest BCUT2D eigenvalue weighted by Crippen LogP contribution is 2.58. The van der Waals surface area contributed by atoms with E-state index in [2.05, 4.69) is 5.32 Å². The van der Waals surface area contributed by atoms with E-state index in [0.717, 1.165) is 12.8 Å². The molecule has 7 nitrogen and oxygen atoms in total. The molecule has 0 radical (unpaired) electrons. The van der Waals surface area contributed by atoms with E-state index in [1.807, 2.05) is 23.1 Å². The first-order valence-corrected chi connectivity index (χ1v) is 12.3. The van der Waals surface area contributed by atoms with Gasteiger partial charge in [-0.25, -0.2) is 4.39 Å². The van der Waals surface area contributed by atoms with Crippen LogP contribution in [0.1, 0.15) is 35.4 Å². The van der Waals surface area contributed by atoms with Crippen molar-refractivity contribution in [2.45, 2.75) is 43.0 Å². The molecular weight excluding hydrogens is 485 g/mol. The number of nitrogens with one attached hydrogen (secondary N) is 1. The van der Waals surface area contributed by atoms with Crippen molar-refractivity contribution < 1.29 is 18.8 Å². The molecule has 0 aliphatic carbocycles. The van der Waals surface area contributed by atoms with Crippen molar-refractivity contribution in [3.8, 4) is 5.75 Å². The number of para-hydroxylation sites is 1. The van der Waals surface area contributed by atoms with Gasteiger partial charge in [0.05, 0.1) is 10.9 Å². The minimum atomic E-state index is -1.37. The van der Waals surface area contributed by atoms with E-state index in [0.29, 0.717) is 39.7 Å². The van der Waals surface area contributed by atoms with Crippen molar-refractivity contribution >= 4 is 23.2 Å². The SMILES string of the molecule is O=C1Nc2ccccc2[C@]12[C@H]([N+](=O)[O-])[C@@H](c1ccc(OCc3cccc(F)c3)c(Cl)c1)[C@H]1CCCN12. The van der Waals surface area contributed by atoms with Gasteiger partial charge < -0.3 is 10.1 Å². The number of nitrogens with zero attached hydrogens (tertiary/aromatic N) is 2. The number of rotatable bonds is 5. The molecule has 6 rings (SSSR count). The van der Waals surface area contributed by atoms with Crippen LogP contribution >= 0.6 is 11.6 Å². The fourth-order valence-corrected chi connectivity index (χ4v) is 6.65. The summed E-state index contributed by atoms with van der Waals surface area (Å²) in [7, 11) is 0. The number of carbonyl (C=O) groups is 1. The number of amides is 1. The number of carbonyl (C=O) groups excluding carboxylic acids is 1. The smallest absolute Gasteiger partial charge is 0.256 e. The van der Waals surface area contributed by atoms with E-state index < -0.39 is 17.5 Å². The number of benzene rings is 3. The van der Waals surface area contributed by atoms with Gasteiger partial charge >= 0.3 is 0 Å². The molecule has 4 atom stereocenters. The Hall–Kier alpha value is -3.49. The van der Waals surface area contributed by atoms with Gasteiger partial charge in [-0.3, -0.25) is 19.8 Å². The van der Waals surface area contributed by atoms with Crippen LogP contribution in [-0.4, -0.2) is 34.4 Å². The summed E-state index contributed by atoms with van der Waals surface area (Å²) in [6, 6.07) is 17.2. The fourth-order valence-electron chi connectivity index (χ4n) is 6.40. The van der Waals surface area contributed by atoms with Crippen molar-refractivity contribution in [3.05, 3.63) is 104 Å². The summed E-state index contributed by atoms with van der Waals surface area (Å²) in [5.74, 6) is -0.824. The fraction of sp³-hybridized carbons (Fsp3) is 0.296. The molecule has 2 fully saturated rings. The van der Waals surface area contributed by atoms with E-state index in [1.54, 1.807) is 36.4 Å². The first kappa shape index (κ1) is 22.9. The third-order valence-corrected chi connectivity index (χ3v) is 8.01. The normalized spacial score (nSPS) is 26.6. The maximum Gasteiger partial charge on any atom is 0.256 e. The maximum atomic E-state index is 13.5. The summed E-state index contributed by atoms with van der Waals surface area (Å²) < 4.78 is 19.3. The minimum Gasteiger partial charge on any atom is -0.487 e. The van der Waals surface area contributed by atoms with Crippen LogP contribution in [0.4, 0.5) is 10.1 Å². The molecule has 1 amide bonds. The minimum absolute atomic E-state index is 0.133. The number of anilines is 1. The molecule has 0 unspecified atom stereocenters. The summed E-state index contributed by atoms with van der Waals surface area (Å²) in [5.41, 5.74) is 1.27. The van der Waals surface area contributed by atoms with Gasteiger partial charge in [-0.1, -0.05) is 48.0 Å². The molecule has 0 saturated carbocycles. The van der Waals surface area contributed by atoms with E-state index in [4.69, 9.17) is 16.3 Å². The number of hydrogen-bond acceptors (Lipinski definition) is 5. The van der Waals surface area contributed by atoms with Crippen LogP contribution in [0.3, 0.4) is 0 Å². The van der Waals surface area contributed by atoms with Crippen molar-refractivity contribution in [2.75, 3.05) is 11.9 Å². The first-order valence-electron chi connectivity index (χ1n) is 11.9. The van der Waals surface area contributed by atoms with Gasteiger partial charge in [0.15, 0.2) is 5.54 Å². The highest BCUT2D eigenvalue weighted by Gasteiger charge is 2.73. The van der Waals surface area contributed by atoms with Crippen molar-refractivity contribution in [1.82, 2.24) is 4.90 Å². The van der Waals surface area contributed by atoms with Crippen molar-refractivity contribution in [1.29, 1.82) is 0 Å². The molecule has 3 aromatic rings. The van der Waals surface area contributed by atoms with Crippen LogP contribution in [0, 0.1) is 15.9 Å². The molecule has 1 N–H and O–H groups in total. The van der Waals surface area contributed by atoms with Crippen LogP contribution < -0.4 is 10.1 Å². The molecule has 2 saturated heterocycles. The highest BCUT2D eigenvalue weighted by molar-refractivity contribution is 6.32. The molecule has 3 heterocycles. The predicted molar refractivity (Wildman–Crippen MR) is 132 cm³/mol. The lowest BCUT2D eigenvalue weighted by molar-refractivity contribution is -0.534. The highest BCUT2D eigenvalue weighted by atomic mass is 35.5. The number of nitro groups is 1. The lowest BCUT2D eigenvalue weighted by atomic mass is 9.77. The average molecular weight is 508 g/mol. The van der Waals surface area contributed by atoms with Gasteiger partial charge in [0.1, 0.15) is 18.2 Å². The summed E-state index contributed by atoms with van der Waals surface area (Å²) in [6.45, 7) is 0.740. The quantitative estimate of drug-likeness (QED) is 0.383. The third kappa shape index (κ3) is 3.32. The molecule has 184 valence electrons. The molecular formula is C27H23ClFN3O4. The first-order chi connectivity index (χ1) is 17.4.